The quantitative estimate of drug-likeness (QED) is 0.166. The Hall–Kier alpha value is -7.17. The molecule has 0 fully saturated rings. The van der Waals surface area contributed by atoms with Crippen LogP contribution in [0.25, 0.3) is 94.8 Å². The molecule has 0 N–H and O–H groups in total. The number of nitrogens with zero attached hydrogens (tertiary/aromatic N) is 3. The van der Waals surface area contributed by atoms with Crippen molar-refractivity contribution in [3.63, 3.8) is 0 Å². The first kappa shape index (κ1) is 32.5. The monoisotopic (exact) mass is 705 g/mol. The van der Waals surface area contributed by atoms with Crippen molar-refractivity contribution < 1.29 is 4.42 Å². The average Bonchev–Trinajstić information content (AvgIpc) is 3.66. The molecule has 4 heteroatoms. The van der Waals surface area contributed by atoms with E-state index in [0.717, 1.165) is 62.6 Å². The van der Waals surface area contributed by atoms with E-state index >= 15 is 0 Å². The van der Waals surface area contributed by atoms with Gasteiger partial charge < -0.3 is 4.42 Å². The van der Waals surface area contributed by atoms with Crippen molar-refractivity contribution in [2.45, 2.75) is 12.8 Å². The van der Waals surface area contributed by atoms with Crippen LogP contribution in [0.15, 0.2) is 193 Å². The van der Waals surface area contributed by atoms with Crippen LogP contribution in [0.5, 0.6) is 0 Å². The molecule has 9 aromatic rings. The summed E-state index contributed by atoms with van der Waals surface area (Å²) >= 11 is 0. The molecule has 1 aliphatic rings. The summed E-state index contributed by atoms with van der Waals surface area (Å²) in [4.78, 5) is 15.1. The van der Waals surface area contributed by atoms with Gasteiger partial charge in [0.25, 0.3) is 0 Å². The first-order chi connectivity index (χ1) is 27.2. The van der Waals surface area contributed by atoms with Crippen LogP contribution in [0.2, 0.25) is 0 Å². The zero-order valence-corrected chi connectivity index (χ0v) is 30.1. The van der Waals surface area contributed by atoms with Crippen LogP contribution in [0, 0.1) is 0 Å². The lowest BCUT2D eigenvalue weighted by Gasteiger charge is -2.12. The zero-order chi connectivity index (χ0) is 36.6. The van der Waals surface area contributed by atoms with Crippen LogP contribution in [0.3, 0.4) is 0 Å². The number of hydrogen-bond donors (Lipinski definition) is 0. The molecule has 2 heterocycles. The predicted octanol–water partition coefficient (Wildman–Crippen LogP) is 13.5. The fraction of sp³-hybridized carbons (Fsp3) is 0.0392. The van der Waals surface area contributed by atoms with Crippen molar-refractivity contribution in [3.8, 4) is 67.3 Å². The molecule has 55 heavy (non-hydrogen) atoms. The largest absolute Gasteiger partial charge is 0.456 e. The van der Waals surface area contributed by atoms with Gasteiger partial charge in [0.1, 0.15) is 11.2 Å². The van der Waals surface area contributed by atoms with Crippen LogP contribution in [-0.2, 0) is 0 Å². The number of furan rings is 1. The number of hydrogen-bond acceptors (Lipinski definition) is 4. The fourth-order valence-electron chi connectivity index (χ4n) is 7.56. The van der Waals surface area contributed by atoms with Crippen molar-refractivity contribution in [3.05, 3.63) is 194 Å². The summed E-state index contributed by atoms with van der Waals surface area (Å²) in [7, 11) is 0. The third-order valence-electron chi connectivity index (χ3n) is 10.4. The van der Waals surface area contributed by atoms with Gasteiger partial charge in [-0.3, -0.25) is 0 Å². The normalized spacial score (nSPS) is 12.6. The molecule has 1 aliphatic carbocycles. The summed E-state index contributed by atoms with van der Waals surface area (Å²) < 4.78 is 6.42. The fourth-order valence-corrected chi connectivity index (χ4v) is 7.56. The topological polar surface area (TPSA) is 51.8 Å². The van der Waals surface area contributed by atoms with E-state index < -0.39 is 0 Å². The Morgan fingerprint density at radius 1 is 0.400 bits per heavy atom. The molecule has 2 aromatic heterocycles. The van der Waals surface area contributed by atoms with Crippen molar-refractivity contribution in [1.29, 1.82) is 0 Å². The van der Waals surface area contributed by atoms with Crippen molar-refractivity contribution >= 4 is 27.5 Å². The SMILES string of the molecule is C1=CCCC(c2nc(-c3ccccc3)nc(-c3cccc4oc5ccc(-c6ccc(-c7ccc(-c8cccc(-c9ccccc9)c8)cc7)cc6)cc5c34)n2)=C1. The zero-order valence-electron chi connectivity index (χ0n) is 30.1. The van der Waals surface area contributed by atoms with Crippen LogP contribution >= 0.6 is 0 Å². The van der Waals surface area contributed by atoms with E-state index in [1.807, 2.05) is 42.5 Å². The number of allylic oxidation sites excluding steroid dienone is 4. The number of rotatable bonds is 7. The maximum Gasteiger partial charge on any atom is 0.164 e. The second-order valence-electron chi connectivity index (χ2n) is 13.9. The lowest BCUT2D eigenvalue weighted by molar-refractivity contribution is 0.669. The molecule has 4 nitrogen and oxygen atoms in total. The molecular weight excluding hydrogens is 671 g/mol. The third kappa shape index (κ3) is 6.34. The number of fused-ring (bicyclic) bond motifs is 3. The molecule has 0 saturated carbocycles. The smallest absolute Gasteiger partial charge is 0.164 e. The van der Waals surface area contributed by atoms with Gasteiger partial charge in [0.15, 0.2) is 17.5 Å². The minimum absolute atomic E-state index is 0.636. The van der Waals surface area contributed by atoms with Gasteiger partial charge in [-0.15, -0.1) is 0 Å². The minimum atomic E-state index is 0.636. The number of benzene rings is 7. The van der Waals surface area contributed by atoms with Crippen LogP contribution in [0.4, 0.5) is 0 Å². The molecule has 0 aliphatic heterocycles. The summed E-state index contributed by atoms with van der Waals surface area (Å²) in [5.74, 6) is 2.01. The molecule has 0 unspecified atom stereocenters. The highest BCUT2D eigenvalue weighted by molar-refractivity contribution is 6.12. The molecule has 0 amide bonds. The molecule has 0 atom stereocenters. The maximum atomic E-state index is 6.42. The molecule has 0 saturated heterocycles. The van der Waals surface area contributed by atoms with Gasteiger partial charge in [-0.05, 0) is 87.2 Å². The van der Waals surface area contributed by atoms with Crippen LogP contribution < -0.4 is 0 Å². The highest BCUT2D eigenvalue weighted by Crippen LogP contribution is 2.39. The molecule has 0 spiro atoms. The van der Waals surface area contributed by atoms with Gasteiger partial charge in [0.2, 0.25) is 0 Å². The summed E-state index contributed by atoms with van der Waals surface area (Å²) in [6.45, 7) is 0. The minimum Gasteiger partial charge on any atom is -0.456 e. The third-order valence-corrected chi connectivity index (χ3v) is 10.4. The Morgan fingerprint density at radius 2 is 0.927 bits per heavy atom. The molecule has 0 bridgehead atoms. The van der Waals surface area contributed by atoms with Gasteiger partial charge in [-0.2, -0.15) is 0 Å². The first-order valence-electron chi connectivity index (χ1n) is 18.7. The lowest BCUT2D eigenvalue weighted by Crippen LogP contribution is -2.03. The average molecular weight is 706 g/mol. The first-order valence-corrected chi connectivity index (χ1v) is 18.7. The standard InChI is InChI=1S/C51H35N3O/c1-4-12-34(13-5-1)41-18-10-19-42(32-41)37-26-22-35(23-27-37)36-24-28-38(29-25-36)43-30-31-46-45(33-43)48-44(20-11-21-47(48)55-46)51-53-49(39-14-6-2-7-15-39)52-50(54-51)40-16-8-3-9-17-40/h1-8,10-16,18-33H,9,17H2. The predicted molar refractivity (Wildman–Crippen MR) is 226 cm³/mol. The van der Waals surface area contributed by atoms with E-state index in [1.165, 1.54) is 33.4 Å². The summed E-state index contributed by atoms with van der Waals surface area (Å²) in [5, 5.41) is 2.03. The Balaban J connectivity index is 0.983. The van der Waals surface area contributed by atoms with Gasteiger partial charge in [-0.25, -0.2) is 15.0 Å². The Morgan fingerprint density at radius 3 is 1.58 bits per heavy atom. The Labute approximate surface area is 319 Å². The highest BCUT2D eigenvalue weighted by Gasteiger charge is 2.19. The van der Waals surface area contributed by atoms with Gasteiger partial charge in [0, 0.05) is 21.9 Å². The maximum absolute atomic E-state index is 6.42. The molecule has 7 aromatic carbocycles. The van der Waals surface area contributed by atoms with E-state index in [-0.39, 0.29) is 0 Å². The number of aromatic nitrogens is 3. The second-order valence-corrected chi connectivity index (χ2v) is 13.9. The van der Waals surface area contributed by atoms with Crippen molar-refractivity contribution in [2.24, 2.45) is 0 Å². The molecule has 0 radical (unpaired) electrons. The molecule has 10 rings (SSSR count). The summed E-state index contributed by atoms with van der Waals surface area (Å²) in [6, 6.07) is 59.6. The van der Waals surface area contributed by atoms with E-state index in [2.05, 4.69) is 146 Å². The van der Waals surface area contributed by atoms with Crippen molar-refractivity contribution in [1.82, 2.24) is 15.0 Å². The van der Waals surface area contributed by atoms with E-state index in [9.17, 15) is 0 Å². The summed E-state index contributed by atoms with van der Waals surface area (Å²) in [5.41, 5.74) is 14.1. The highest BCUT2D eigenvalue weighted by atomic mass is 16.3. The van der Waals surface area contributed by atoms with Gasteiger partial charge >= 0.3 is 0 Å². The van der Waals surface area contributed by atoms with E-state index in [4.69, 9.17) is 19.4 Å². The molecular formula is C51H35N3O. The Bertz CT molecular complexity index is 2890. The van der Waals surface area contributed by atoms with Gasteiger partial charge in [0.05, 0.1) is 0 Å². The van der Waals surface area contributed by atoms with Gasteiger partial charge in [-0.1, -0.05) is 164 Å². The van der Waals surface area contributed by atoms with Crippen LogP contribution in [-0.4, -0.2) is 15.0 Å². The van der Waals surface area contributed by atoms with E-state index in [0.29, 0.717) is 17.5 Å². The Kier molecular flexibility index (Phi) is 8.27. The van der Waals surface area contributed by atoms with Crippen LogP contribution in [0.1, 0.15) is 18.7 Å². The van der Waals surface area contributed by atoms with E-state index in [1.54, 1.807) is 0 Å². The summed E-state index contributed by atoms with van der Waals surface area (Å²) in [6.07, 6.45) is 8.24. The lowest BCUT2D eigenvalue weighted by atomic mass is 9.96. The second kappa shape index (κ2) is 14.0. The molecule has 260 valence electrons. The van der Waals surface area contributed by atoms with Crippen molar-refractivity contribution in [2.75, 3.05) is 0 Å².